The highest BCUT2D eigenvalue weighted by atomic mass is 35.5. The lowest BCUT2D eigenvalue weighted by Gasteiger charge is -2.39. The van der Waals surface area contributed by atoms with Crippen molar-refractivity contribution >= 4 is 23.2 Å². The molecular weight excluding hydrogens is 293 g/mol. The molecule has 1 aromatic carbocycles. The van der Waals surface area contributed by atoms with Gasteiger partial charge in [-0.3, -0.25) is 9.80 Å². The third kappa shape index (κ3) is 3.12. The summed E-state index contributed by atoms with van der Waals surface area (Å²) in [4.78, 5) is 5.08. The summed E-state index contributed by atoms with van der Waals surface area (Å²) >= 11 is 12.1. The number of halogens is 2. The lowest BCUT2D eigenvalue weighted by Crippen LogP contribution is -2.49. The fourth-order valence-electron chi connectivity index (χ4n) is 3.07. The summed E-state index contributed by atoms with van der Waals surface area (Å²) < 4.78 is 0. The van der Waals surface area contributed by atoms with E-state index in [1.165, 1.54) is 18.4 Å². The molecule has 0 aromatic heterocycles. The number of piperazine rings is 1. The molecule has 1 aromatic rings. The number of rotatable bonds is 4. The SMILES string of the molecule is NCC(c1ccc(Cl)c(Cl)c1)N1CCN(C2CC2)CC1. The first-order chi connectivity index (χ1) is 9.69. The van der Waals surface area contributed by atoms with Crippen molar-refractivity contribution in [3.63, 3.8) is 0 Å². The monoisotopic (exact) mass is 313 g/mol. The first-order valence-electron chi connectivity index (χ1n) is 7.32. The molecule has 0 amide bonds. The molecule has 1 saturated carbocycles. The van der Waals surface area contributed by atoms with Crippen LogP contribution in [-0.4, -0.2) is 48.6 Å². The minimum Gasteiger partial charge on any atom is -0.329 e. The number of nitrogens with zero attached hydrogens (tertiary/aromatic N) is 2. The Morgan fingerprint density at radius 3 is 2.35 bits per heavy atom. The summed E-state index contributed by atoms with van der Waals surface area (Å²) in [7, 11) is 0. The molecule has 1 aliphatic heterocycles. The fraction of sp³-hybridized carbons (Fsp3) is 0.600. The average molecular weight is 314 g/mol. The minimum atomic E-state index is 0.242. The summed E-state index contributed by atoms with van der Waals surface area (Å²) in [5, 5.41) is 1.21. The number of hydrogen-bond donors (Lipinski definition) is 1. The second-order valence-corrected chi connectivity index (χ2v) is 6.54. The highest BCUT2D eigenvalue weighted by Crippen LogP contribution is 2.31. The van der Waals surface area contributed by atoms with Crippen molar-refractivity contribution in [2.45, 2.75) is 24.9 Å². The maximum atomic E-state index is 6.13. The van der Waals surface area contributed by atoms with Crippen molar-refractivity contribution in [2.24, 2.45) is 5.73 Å². The molecule has 1 atom stereocenters. The van der Waals surface area contributed by atoms with Gasteiger partial charge in [-0.15, -0.1) is 0 Å². The first kappa shape index (κ1) is 14.6. The van der Waals surface area contributed by atoms with Gasteiger partial charge in [-0.25, -0.2) is 0 Å². The van der Waals surface area contributed by atoms with Gasteiger partial charge in [0, 0.05) is 44.8 Å². The van der Waals surface area contributed by atoms with Crippen molar-refractivity contribution in [1.82, 2.24) is 9.80 Å². The van der Waals surface area contributed by atoms with E-state index in [9.17, 15) is 0 Å². The van der Waals surface area contributed by atoms with E-state index < -0.39 is 0 Å². The maximum absolute atomic E-state index is 6.13. The molecular formula is C15H21Cl2N3. The Bertz CT molecular complexity index is 468. The van der Waals surface area contributed by atoms with Crippen molar-refractivity contribution in [1.29, 1.82) is 0 Å². The molecule has 2 N–H and O–H groups in total. The zero-order chi connectivity index (χ0) is 14.1. The van der Waals surface area contributed by atoms with Gasteiger partial charge < -0.3 is 5.73 Å². The molecule has 2 fully saturated rings. The van der Waals surface area contributed by atoms with E-state index >= 15 is 0 Å². The number of benzene rings is 1. The van der Waals surface area contributed by atoms with Crippen LogP contribution in [0, 0.1) is 0 Å². The predicted molar refractivity (Wildman–Crippen MR) is 84.4 cm³/mol. The van der Waals surface area contributed by atoms with Gasteiger partial charge in [0.25, 0.3) is 0 Å². The van der Waals surface area contributed by atoms with Gasteiger partial charge in [-0.2, -0.15) is 0 Å². The smallest absolute Gasteiger partial charge is 0.0595 e. The van der Waals surface area contributed by atoms with Gasteiger partial charge in [0.2, 0.25) is 0 Å². The van der Waals surface area contributed by atoms with Crippen molar-refractivity contribution in [3.05, 3.63) is 33.8 Å². The van der Waals surface area contributed by atoms with E-state index in [1.807, 2.05) is 18.2 Å². The van der Waals surface area contributed by atoms with E-state index in [0.717, 1.165) is 32.2 Å². The Labute approximate surface area is 130 Å². The van der Waals surface area contributed by atoms with Crippen LogP contribution >= 0.6 is 23.2 Å². The zero-order valence-corrected chi connectivity index (χ0v) is 13.1. The van der Waals surface area contributed by atoms with E-state index in [1.54, 1.807) is 0 Å². The summed E-state index contributed by atoms with van der Waals surface area (Å²) in [5.41, 5.74) is 7.17. The van der Waals surface area contributed by atoms with Crippen LogP contribution in [0.1, 0.15) is 24.4 Å². The van der Waals surface area contributed by atoms with Crippen LogP contribution in [0.2, 0.25) is 10.0 Å². The molecule has 20 heavy (non-hydrogen) atoms. The highest BCUT2D eigenvalue weighted by molar-refractivity contribution is 6.42. The Balaban J connectivity index is 1.68. The standard InChI is InChI=1S/C15H21Cl2N3/c16-13-4-1-11(9-14(13)17)15(10-18)20-7-5-19(6-8-20)12-2-3-12/h1,4,9,12,15H,2-3,5-8,10,18H2. The second kappa shape index (κ2) is 6.20. The zero-order valence-electron chi connectivity index (χ0n) is 11.6. The lowest BCUT2D eigenvalue weighted by atomic mass is 10.0. The van der Waals surface area contributed by atoms with E-state index in [2.05, 4.69) is 9.80 Å². The molecule has 2 aliphatic rings. The van der Waals surface area contributed by atoms with Crippen LogP contribution < -0.4 is 5.73 Å². The van der Waals surface area contributed by atoms with E-state index in [-0.39, 0.29) is 6.04 Å². The number of nitrogens with two attached hydrogens (primary N) is 1. The molecule has 1 aliphatic carbocycles. The second-order valence-electron chi connectivity index (χ2n) is 5.73. The Morgan fingerprint density at radius 1 is 1.10 bits per heavy atom. The van der Waals surface area contributed by atoms with Crippen LogP contribution in [0.5, 0.6) is 0 Å². The van der Waals surface area contributed by atoms with Gasteiger partial charge in [-0.05, 0) is 30.5 Å². The molecule has 0 spiro atoms. The summed E-state index contributed by atoms with van der Waals surface area (Å²) in [6.45, 7) is 5.09. The van der Waals surface area contributed by atoms with Crippen LogP contribution in [-0.2, 0) is 0 Å². The lowest BCUT2D eigenvalue weighted by molar-refractivity contribution is 0.0938. The van der Waals surface area contributed by atoms with Crippen LogP contribution in [0.25, 0.3) is 0 Å². The van der Waals surface area contributed by atoms with Crippen LogP contribution in [0.4, 0.5) is 0 Å². The largest absolute Gasteiger partial charge is 0.329 e. The van der Waals surface area contributed by atoms with Crippen molar-refractivity contribution in [3.8, 4) is 0 Å². The summed E-state index contributed by atoms with van der Waals surface area (Å²) in [5.74, 6) is 0. The Morgan fingerprint density at radius 2 is 1.80 bits per heavy atom. The van der Waals surface area contributed by atoms with Gasteiger partial charge in [0.05, 0.1) is 10.0 Å². The molecule has 110 valence electrons. The van der Waals surface area contributed by atoms with Gasteiger partial charge >= 0.3 is 0 Å². The third-order valence-electron chi connectivity index (χ3n) is 4.40. The van der Waals surface area contributed by atoms with Gasteiger partial charge in [0.1, 0.15) is 0 Å². The van der Waals surface area contributed by atoms with Crippen molar-refractivity contribution < 1.29 is 0 Å². The minimum absolute atomic E-state index is 0.242. The van der Waals surface area contributed by atoms with Crippen LogP contribution in [0.3, 0.4) is 0 Å². The fourth-order valence-corrected chi connectivity index (χ4v) is 3.38. The number of hydrogen-bond acceptors (Lipinski definition) is 3. The average Bonchev–Trinajstić information content (AvgIpc) is 3.29. The molecule has 1 heterocycles. The molecule has 0 radical (unpaired) electrons. The molecule has 0 bridgehead atoms. The first-order valence-corrected chi connectivity index (χ1v) is 8.07. The molecule has 5 heteroatoms. The predicted octanol–water partition coefficient (Wildman–Crippen LogP) is 2.77. The maximum Gasteiger partial charge on any atom is 0.0595 e. The topological polar surface area (TPSA) is 32.5 Å². The molecule has 3 nitrogen and oxygen atoms in total. The van der Waals surface area contributed by atoms with Crippen LogP contribution in [0.15, 0.2) is 18.2 Å². The molecule has 1 saturated heterocycles. The molecule has 3 rings (SSSR count). The van der Waals surface area contributed by atoms with Gasteiger partial charge in [0.15, 0.2) is 0 Å². The quantitative estimate of drug-likeness (QED) is 0.927. The Kier molecular flexibility index (Phi) is 4.53. The molecule has 1 unspecified atom stereocenters. The normalized spacial score (nSPS) is 22.9. The summed E-state index contributed by atoms with van der Waals surface area (Å²) in [6, 6.07) is 6.96. The Hall–Kier alpha value is -0.320. The van der Waals surface area contributed by atoms with Gasteiger partial charge in [-0.1, -0.05) is 29.3 Å². The van der Waals surface area contributed by atoms with E-state index in [4.69, 9.17) is 28.9 Å². The summed E-state index contributed by atoms with van der Waals surface area (Å²) in [6.07, 6.45) is 2.76. The van der Waals surface area contributed by atoms with E-state index in [0.29, 0.717) is 16.6 Å². The highest BCUT2D eigenvalue weighted by Gasteiger charge is 2.32. The third-order valence-corrected chi connectivity index (χ3v) is 5.14. The van der Waals surface area contributed by atoms with Crippen molar-refractivity contribution in [2.75, 3.05) is 32.7 Å².